The Labute approximate surface area is 93.4 Å². The molecule has 2 unspecified atom stereocenters. The lowest BCUT2D eigenvalue weighted by Gasteiger charge is -2.32. The molecule has 1 rings (SSSR count). The van der Waals surface area contributed by atoms with Gasteiger partial charge in [-0.15, -0.1) is 0 Å². The summed E-state index contributed by atoms with van der Waals surface area (Å²) in [6.07, 6.45) is 0. The molecule has 2 atom stereocenters. The summed E-state index contributed by atoms with van der Waals surface area (Å²) in [5.41, 5.74) is 6.18. The molecule has 1 heterocycles. The summed E-state index contributed by atoms with van der Waals surface area (Å²) in [4.78, 5) is 4.54. The summed E-state index contributed by atoms with van der Waals surface area (Å²) in [5, 5.41) is 0. The van der Waals surface area contributed by atoms with E-state index in [-0.39, 0.29) is 11.5 Å². The fourth-order valence-electron chi connectivity index (χ4n) is 1.96. The van der Waals surface area contributed by atoms with Gasteiger partial charge >= 0.3 is 0 Å². The first-order valence-corrected chi connectivity index (χ1v) is 5.61. The van der Waals surface area contributed by atoms with Crippen molar-refractivity contribution in [2.75, 3.05) is 54.0 Å². The van der Waals surface area contributed by atoms with E-state index in [9.17, 15) is 0 Å². The van der Waals surface area contributed by atoms with Crippen LogP contribution in [-0.2, 0) is 4.74 Å². The molecule has 0 spiro atoms. The van der Waals surface area contributed by atoms with Gasteiger partial charge in [0.1, 0.15) is 0 Å². The van der Waals surface area contributed by atoms with Crippen molar-refractivity contribution in [1.29, 1.82) is 0 Å². The lowest BCUT2D eigenvalue weighted by atomic mass is 9.85. The quantitative estimate of drug-likeness (QED) is 0.692. The van der Waals surface area contributed by atoms with Gasteiger partial charge in [0.05, 0.1) is 13.2 Å². The predicted molar refractivity (Wildman–Crippen MR) is 63.0 cm³/mol. The van der Waals surface area contributed by atoms with Crippen LogP contribution in [0.2, 0.25) is 0 Å². The Morgan fingerprint density at radius 2 is 2.00 bits per heavy atom. The molecule has 0 aromatic carbocycles. The Morgan fingerprint density at radius 3 is 2.47 bits per heavy atom. The molecule has 1 saturated heterocycles. The largest absolute Gasteiger partial charge is 0.379 e. The van der Waals surface area contributed by atoms with Gasteiger partial charge in [0.15, 0.2) is 0 Å². The first kappa shape index (κ1) is 12.9. The molecule has 15 heavy (non-hydrogen) atoms. The molecule has 1 aliphatic rings. The number of rotatable bonds is 5. The van der Waals surface area contributed by atoms with Gasteiger partial charge in [-0.2, -0.15) is 0 Å². The van der Waals surface area contributed by atoms with Crippen LogP contribution >= 0.6 is 0 Å². The van der Waals surface area contributed by atoms with Crippen LogP contribution in [0.25, 0.3) is 0 Å². The molecule has 0 radical (unpaired) electrons. The van der Waals surface area contributed by atoms with Gasteiger partial charge in [-0.1, -0.05) is 6.92 Å². The zero-order valence-corrected chi connectivity index (χ0v) is 10.5. The molecule has 90 valence electrons. The minimum absolute atomic E-state index is 0.126. The third-order valence-corrected chi connectivity index (χ3v) is 3.18. The number of hydrogen-bond acceptors (Lipinski definition) is 4. The van der Waals surface area contributed by atoms with Crippen molar-refractivity contribution in [1.82, 2.24) is 9.80 Å². The average molecular weight is 215 g/mol. The highest BCUT2D eigenvalue weighted by atomic mass is 16.5. The third-order valence-electron chi connectivity index (χ3n) is 3.18. The summed E-state index contributed by atoms with van der Waals surface area (Å²) in [6, 6.07) is 0.180. The van der Waals surface area contributed by atoms with Gasteiger partial charge in [0, 0.05) is 31.1 Å². The maximum atomic E-state index is 6.06. The maximum absolute atomic E-state index is 6.06. The molecule has 0 bridgehead atoms. The predicted octanol–water partition coefficient (Wildman–Crippen LogP) is -0.156. The first-order chi connectivity index (χ1) is 6.94. The molecule has 4 heteroatoms. The number of likely N-dealkylation sites (N-methyl/N-ethyl adjacent to an activating group) is 2. The van der Waals surface area contributed by atoms with E-state index in [4.69, 9.17) is 10.5 Å². The highest BCUT2D eigenvalue weighted by Crippen LogP contribution is 2.27. The monoisotopic (exact) mass is 215 g/mol. The second kappa shape index (κ2) is 5.25. The van der Waals surface area contributed by atoms with E-state index in [2.05, 4.69) is 37.9 Å². The van der Waals surface area contributed by atoms with Gasteiger partial charge < -0.3 is 20.3 Å². The number of nitrogens with two attached hydrogens (primary N) is 1. The summed E-state index contributed by atoms with van der Waals surface area (Å²) in [7, 11) is 6.35. The summed E-state index contributed by atoms with van der Waals surface area (Å²) >= 11 is 0. The van der Waals surface area contributed by atoms with Crippen LogP contribution < -0.4 is 5.73 Å². The summed E-state index contributed by atoms with van der Waals surface area (Å²) in [6.45, 7) is 6.90. The SMILES string of the molecule is CN(C)CCN(C)CC1(C)COCC1N. The third kappa shape index (κ3) is 3.72. The van der Waals surface area contributed by atoms with Crippen molar-refractivity contribution in [3.8, 4) is 0 Å². The minimum Gasteiger partial charge on any atom is -0.379 e. The Hall–Kier alpha value is -0.160. The Bertz CT molecular complexity index is 198. The molecule has 0 aromatic heterocycles. The van der Waals surface area contributed by atoms with Gasteiger partial charge in [-0.3, -0.25) is 0 Å². The standard InChI is InChI=1S/C11H25N3O/c1-11(9-15-7-10(11)12)8-14(4)6-5-13(2)3/h10H,5-9,12H2,1-4H3. The van der Waals surface area contributed by atoms with Crippen LogP contribution in [0, 0.1) is 5.41 Å². The van der Waals surface area contributed by atoms with Crippen molar-refractivity contribution in [3.63, 3.8) is 0 Å². The van der Waals surface area contributed by atoms with Crippen molar-refractivity contribution in [3.05, 3.63) is 0 Å². The molecule has 0 amide bonds. The Balaban J connectivity index is 2.33. The number of nitrogens with zero attached hydrogens (tertiary/aromatic N) is 2. The second-order valence-electron chi connectivity index (χ2n) is 5.32. The van der Waals surface area contributed by atoms with E-state index in [0.29, 0.717) is 6.61 Å². The molecular weight excluding hydrogens is 190 g/mol. The molecule has 1 fully saturated rings. The van der Waals surface area contributed by atoms with Gasteiger partial charge in [-0.25, -0.2) is 0 Å². The Morgan fingerprint density at radius 1 is 1.33 bits per heavy atom. The number of hydrogen-bond donors (Lipinski definition) is 1. The van der Waals surface area contributed by atoms with Gasteiger partial charge in [-0.05, 0) is 21.1 Å². The lowest BCUT2D eigenvalue weighted by molar-refractivity contribution is 0.127. The van der Waals surface area contributed by atoms with Gasteiger partial charge in [0.25, 0.3) is 0 Å². The van der Waals surface area contributed by atoms with E-state index in [1.807, 2.05) is 0 Å². The van der Waals surface area contributed by atoms with Crippen molar-refractivity contribution in [2.45, 2.75) is 13.0 Å². The van der Waals surface area contributed by atoms with Crippen LogP contribution in [0.15, 0.2) is 0 Å². The van der Waals surface area contributed by atoms with Crippen molar-refractivity contribution in [2.24, 2.45) is 11.1 Å². The second-order valence-corrected chi connectivity index (χ2v) is 5.32. The lowest BCUT2D eigenvalue weighted by Crippen LogP contribution is -2.46. The van der Waals surface area contributed by atoms with E-state index in [1.165, 1.54) is 0 Å². The van der Waals surface area contributed by atoms with E-state index in [1.54, 1.807) is 0 Å². The van der Waals surface area contributed by atoms with E-state index in [0.717, 1.165) is 26.2 Å². The molecular formula is C11H25N3O. The van der Waals surface area contributed by atoms with Crippen LogP contribution in [0.5, 0.6) is 0 Å². The molecule has 0 aliphatic carbocycles. The highest BCUT2D eigenvalue weighted by molar-refractivity contribution is 4.91. The van der Waals surface area contributed by atoms with Gasteiger partial charge in [0.2, 0.25) is 0 Å². The number of ether oxygens (including phenoxy) is 1. The molecule has 1 aliphatic heterocycles. The zero-order valence-electron chi connectivity index (χ0n) is 10.5. The van der Waals surface area contributed by atoms with Crippen LogP contribution in [0.4, 0.5) is 0 Å². The fraction of sp³-hybridized carbons (Fsp3) is 1.00. The van der Waals surface area contributed by atoms with Crippen LogP contribution in [0.3, 0.4) is 0 Å². The van der Waals surface area contributed by atoms with Crippen LogP contribution in [0.1, 0.15) is 6.92 Å². The highest BCUT2D eigenvalue weighted by Gasteiger charge is 2.38. The average Bonchev–Trinajstić information content (AvgIpc) is 2.44. The fourth-order valence-corrected chi connectivity index (χ4v) is 1.96. The van der Waals surface area contributed by atoms with Crippen molar-refractivity contribution < 1.29 is 4.74 Å². The minimum atomic E-state index is 0.126. The summed E-state index contributed by atoms with van der Waals surface area (Å²) < 4.78 is 5.44. The normalized spacial score (nSPS) is 31.8. The first-order valence-electron chi connectivity index (χ1n) is 5.61. The topological polar surface area (TPSA) is 41.7 Å². The van der Waals surface area contributed by atoms with Crippen LogP contribution in [-0.4, -0.2) is 69.8 Å². The van der Waals surface area contributed by atoms with E-state index < -0.39 is 0 Å². The smallest absolute Gasteiger partial charge is 0.0624 e. The summed E-state index contributed by atoms with van der Waals surface area (Å²) in [5.74, 6) is 0. The Kier molecular flexibility index (Phi) is 4.52. The maximum Gasteiger partial charge on any atom is 0.0624 e. The zero-order chi connectivity index (χ0) is 11.5. The molecule has 2 N–H and O–H groups in total. The molecule has 4 nitrogen and oxygen atoms in total. The molecule has 0 saturated carbocycles. The molecule has 0 aromatic rings. The van der Waals surface area contributed by atoms with Crippen molar-refractivity contribution >= 4 is 0 Å². The van der Waals surface area contributed by atoms with E-state index >= 15 is 0 Å².